The van der Waals surface area contributed by atoms with E-state index in [4.69, 9.17) is 5.26 Å². The molecular formula is C19H21BrN6O3. The lowest BCUT2D eigenvalue weighted by molar-refractivity contribution is -0.384. The monoisotopic (exact) mass is 460 g/mol. The number of hydrogen-bond acceptors (Lipinski definition) is 8. The molecule has 1 aliphatic rings. The highest BCUT2D eigenvalue weighted by Gasteiger charge is 2.28. The number of nitrogens with one attached hydrogen (secondary N) is 2. The summed E-state index contributed by atoms with van der Waals surface area (Å²) in [4.78, 5) is 19.4. The molecule has 2 aromatic rings. The summed E-state index contributed by atoms with van der Waals surface area (Å²) in [6.07, 6.45) is 4.71. The van der Waals surface area contributed by atoms with E-state index in [9.17, 15) is 15.2 Å². The van der Waals surface area contributed by atoms with Crippen molar-refractivity contribution in [3.05, 3.63) is 44.5 Å². The third kappa shape index (κ3) is 5.40. The fourth-order valence-electron chi connectivity index (χ4n) is 3.23. The Bertz CT molecular complexity index is 932. The van der Waals surface area contributed by atoms with E-state index in [2.05, 4.69) is 36.5 Å². The van der Waals surface area contributed by atoms with Gasteiger partial charge >= 0.3 is 5.69 Å². The maximum absolute atomic E-state index is 11.4. The van der Waals surface area contributed by atoms with Crippen molar-refractivity contribution in [2.75, 3.05) is 17.2 Å². The molecule has 1 aliphatic carbocycles. The van der Waals surface area contributed by atoms with Crippen LogP contribution in [-0.4, -0.2) is 32.1 Å². The molecule has 0 bridgehead atoms. The minimum atomic E-state index is -0.589. The zero-order chi connectivity index (χ0) is 21.0. The molecule has 9 nitrogen and oxygen atoms in total. The molecule has 2 heterocycles. The molecular weight excluding hydrogens is 440 g/mol. The summed E-state index contributed by atoms with van der Waals surface area (Å²) in [6, 6.07) is 6.50. The number of nitrogens with zero attached hydrogens (tertiary/aromatic N) is 4. The Balaban J connectivity index is 1.76. The van der Waals surface area contributed by atoms with Crippen molar-refractivity contribution in [3.63, 3.8) is 0 Å². The van der Waals surface area contributed by atoms with E-state index >= 15 is 0 Å². The minimum Gasteiger partial charge on any atom is -0.390 e. The lowest BCUT2D eigenvalue weighted by Gasteiger charge is -2.33. The fourth-order valence-corrected chi connectivity index (χ4v) is 3.68. The van der Waals surface area contributed by atoms with Gasteiger partial charge in [0.1, 0.15) is 17.7 Å². The number of aliphatic hydroxyl groups is 1. The Labute approximate surface area is 176 Å². The van der Waals surface area contributed by atoms with E-state index in [1.807, 2.05) is 13.0 Å². The zero-order valence-electron chi connectivity index (χ0n) is 15.9. The highest BCUT2D eigenvalue weighted by atomic mass is 79.9. The molecule has 1 saturated carbocycles. The van der Waals surface area contributed by atoms with E-state index in [-0.39, 0.29) is 11.5 Å². The van der Waals surface area contributed by atoms with Gasteiger partial charge in [-0.25, -0.2) is 9.97 Å². The molecule has 0 amide bonds. The van der Waals surface area contributed by atoms with Gasteiger partial charge in [0.25, 0.3) is 0 Å². The second-order valence-electron chi connectivity index (χ2n) is 7.43. The van der Waals surface area contributed by atoms with E-state index in [0.717, 1.165) is 25.7 Å². The Hall–Kier alpha value is -2.77. The van der Waals surface area contributed by atoms with Crippen LogP contribution >= 0.6 is 15.9 Å². The molecule has 3 N–H and O–H groups in total. The number of halogens is 1. The van der Waals surface area contributed by atoms with Crippen molar-refractivity contribution < 1.29 is 10.0 Å². The van der Waals surface area contributed by atoms with E-state index < -0.39 is 10.5 Å². The Morgan fingerprint density at radius 2 is 2.14 bits per heavy atom. The van der Waals surface area contributed by atoms with Gasteiger partial charge in [0, 0.05) is 18.8 Å². The van der Waals surface area contributed by atoms with Crippen LogP contribution in [0.15, 0.2) is 28.9 Å². The van der Waals surface area contributed by atoms with Crippen molar-refractivity contribution in [1.82, 2.24) is 9.97 Å². The summed E-state index contributed by atoms with van der Waals surface area (Å²) in [6.45, 7) is 2.52. The summed E-state index contributed by atoms with van der Waals surface area (Å²) >= 11 is 3.35. The topological polar surface area (TPSA) is 137 Å². The lowest BCUT2D eigenvalue weighted by Crippen LogP contribution is -2.32. The van der Waals surface area contributed by atoms with Crippen LogP contribution in [0.2, 0.25) is 0 Å². The number of anilines is 3. The average molecular weight is 461 g/mol. The fraction of sp³-hybridized carbons (Fsp3) is 0.421. The van der Waals surface area contributed by atoms with E-state index in [1.54, 1.807) is 12.1 Å². The van der Waals surface area contributed by atoms with Gasteiger partial charge in [-0.15, -0.1) is 0 Å². The number of nitriles is 1. The van der Waals surface area contributed by atoms with Crippen molar-refractivity contribution >= 4 is 39.1 Å². The van der Waals surface area contributed by atoms with Crippen LogP contribution in [0.4, 0.5) is 23.1 Å². The Morgan fingerprint density at radius 3 is 2.72 bits per heavy atom. The SMILES string of the molecule is CC1(O)CCC(CNc2nc(Nc3ccc(C#N)cn3)c([N+](=O)[O-])cc2Br)CC1. The number of hydrogen-bond donors (Lipinski definition) is 3. The van der Waals surface area contributed by atoms with Gasteiger partial charge in [0.15, 0.2) is 0 Å². The van der Waals surface area contributed by atoms with Crippen LogP contribution in [-0.2, 0) is 0 Å². The number of aromatic nitrogens is 2. The van der Waals surface area contributed by atoms with Gasteiger partial charge in [-0.2, -0.15) is 5.26 Å². The molecule has 1 fully saturated rings. The summed E-state index contributed by atoms with van der Waals surface area (Å²) < 4.78 is 0.491. The molecule has 0 aliphatic heterocycles. The summed E-state index contributed by atoms with van der Waals surface area (Å²) in [5.41, 5.74) is -0.390. The molecule has 29 heavy (non-hydrogen) atoms. The van der Waals surface area contributed by atoms with Gasteiger partial charge in [-0.05, 0) is 66.6 Å². The molecule has 0 atom stereocenters. The molecule has 152 valence electrons. The van der Waals surface area contributed by atoms with Crippen molar-refractivity contribution in [2.45, 2.75) is 38.2 Å². The van der Waals surface area contributed by atoms with E-state index in [0.29, 0.717) is 34.1 Å². The summed E-state index contributed by atoms with van der Waals surface area (Å²) in [5.74, 6) is 1.30. The van der Waals surface area contributed by atoms with Crippen molar-refractivity contribution in [1.29, 1.82) is 5.26 Å². The summed E-state index contributed by atoms with van der Waals surface area (Å²) in [7, 11) is 0. The van der Waals surface area contributed by atoms with Gasteiger partial charge in [-0.1, -0.05) is 0 Å². The highest BCUT2D eigenvalue weighted by Crippen LogP contribution is 2.35. The van der Waals surface area contributed by atoms with Gasteiger partial charge in [0.05, 0.1) is 20.6 Å². The molecule has 2 aromatic heterocycles. The smallest absolute Gasteiger partial charge is 0.313 e. The van der Waals surface area contributed by atoms with Crippen LogP contribution in [0.3, 0.4) is 0 Å². The maximum Gasteiger partial charge on any atom is 0.313 e. The normalized spacial score (nSPS) is 21.2. The number of pyridine rings is 2. The quantitative estimate of drug-likeness (QED) is 0.432. The van der Waals surface area contributed by atoms with Crippen LogP contribution < -0.4 is 10.6 Å². The Kier molecular flexibility index (Phi) is 6.30. The van der Waals surface area contributed by atoms with Gasteiger partial charge in [0.2, 0.25) is 5.82 Å². The molecule has 0 radical (unpaired) electrons. The number of nitro groups is 1. The van der Waals surface area contributed by atoms with E-state index in [1.165, 1.54) is 12.3 Å². The second kappa shape index (κ2) is 8.71. The molecule has 0 aromatic carbocycles. The third-order valence-corrected chi connectivity index (χ3v) is 5.64. The van der Waals surface area contributed by atoms with Gasteiger partial charge < -0.3 is 15.7 Å². The first-order chi connectivity index (χ1) is 13.8. The van der Waals surface area contributed by atoms with Crippen LogP contribution in [0.25, 0.3) is 0 Å². The predicted molar refractivity (Wildman–Crippen MR) is 112 cm³/mol. The first-order valence-electron chi connectivity index (χ1n) is 9.22. The largest absolute Gasteiger partial charge is 0.390 e. The highest BCUT2D eigenvalue weighted by molar-refractivity contribution is 9.10. The molecule has 0 saturated heterocycles. The van der Waals surface area contributed by atoms with Gasteiger partial charge in [-0.3, -0.25) is 10.1 Å². The standard InChI is InChI=1S/C19H21BrN6O3/c1-19(27)6-4-12(5-7-19)10-23-17-14(20)8-15(26(28)29)18(25-17)24-16-3-2-13(9-21)11-22-16/h2-3,8,11-12,27H,4-7,10H2,1H3,(H2,22,23,24,25). The molecule has 0 unspecified atom stereocenters. The first kappa shape index (κ1) is 21.0. The van der Waals surface area contributed by atoms with Crippen LogP contribution in [0, 0.1) is 27.4 Å². The molecule has 3 rings (SSSR count). The predicted octanol–water partition coefficient (Wildman–Crippen LogP) is 4.12. The number of rotatable bonds is 6. The maximum atomic E-state index is 11.4. The third-order valence-electron chi connectivity index (χ3n) is 5.03. The lowest BCUT2D eigenvalue weighted by atomic mass is 9.80. The van der Waals surface area contributed by atoms with Crippen LogP contribution in [0.1, 0.15) is 38.2 Å². The molecule has 0 spiro atoms. The molecule has 10 heteroatoms. The van der Waals surface area contributed by atoms with Crippen LogP contribution in [0.5, 0.6) is 0 Å². The Morgan fingerprint density at radius 1 is 1.41 bits per heavy atom. The van der Waals surface area contributed by atoms with Crippen molar-refractivity contribution in [2.24, 2.45) is 5.92 Å². The summed E-state index contributed by atoms with van der Waals surface area (Å²) in [5, 5.41) is 36.5. The minimum absolute atomic E-state index is 0.0597. The zero-order valence-corrected chi connectivity index (χ0v) is 17.4. The first-order valence-corrected chi connectivity index (χ1v) is 10.0. The second-order valence-corrected chi connectivity index (χ2v) is 8.29. The average Bonchev–Trinajstić information content (AvgIpc) is 2.69. The van der Waals surface area contributed by atoms with Crippen molar-refractivity contribution in [3.8, 4) is 6.07 Å².